The van der Waals surface area contributed by atoms with Crippen LogP contribution < -0.4 is 5.32 Å². The van der Waals surface area contributed by atoms with Gasteiger partial charge in [0.2, 0.25) is 5.91 Å². The predicted octanol–water partition coefficient (Wildman–Crippen LogP) is 2.19. The van der Waals surface area contributed by atoms with Crippen molar-refractivity contribution in [3.8, 4) is 0 Å². The Bertz CT molecular complexity index is 409. The SMILES string of the molecule is O=C(C1CC2C=CC1C2)N(CC1CCNCC1)C1CC1. The lowest BCUT2D eigenvalue weighted by atomic mass is 9.91. The highest BCUT2D eigenvalue weighted by Crippen LogP contribution is 2.45. The van der Waals surface area contributed by atoms with E-state index in [9.17, 15) is 4.79 Å². The summed E-state index contributed by atoms with van der Waals surface area (Å²) >= 11 is 0. The second-order valence-electron chi connectivity index (χ2n) is 7.30. The van der Waals surface area contributed by atoms with Crippen molar-refractivity contribution in [2.45, 2.75) is 44.6 Å². The average molecular weight is 274 g/mol. The van der Waals surface area contributed by atoms with Crippen molar-refractivity contribution in [3.05, 3.63) is 12.2 Å². The number of amides is 1. The Morgan fingerprint density at radius 2 is 1.90 bits per heavy atom. The minimum absolute atomic E-state index is 0.312. The smallest absolute Gasteiger partial charge is 0.226 e. The van der Waals surface area contributed by atoms with Crippen LogP contribution in [0.2, 0.25) is 0 Å². The van der Waals surface area contributed by atoms with E-state index in [0.29, 0.717) is 29.7 Å². The van der Waals surface area contributed by atoms with E-state index in [4.69, 9.17) is 0 Å². The van der Waals surface area contributed by atoms with Gasteiger partial charge >= 0.3 is 0 Å². The number of carbonyl (C=O) groups excluding carboxylic acids is 1. The van der Waals surface area contributed by atoms with Crippen LogP contribution in [-0.4, -0.2) is 36.5 Å². The summed E-state index contributed by atoms with van der Waals surface area (Å²) in [5.41, 5.74) is 0. The fraction of sp³-hybridized carbons (Fsp3) is 0.824. The third kappa shape index (κ3) is 2.41. The molecule has 3 unspecified atom stereocenters. The fourth-order valence-electron chi connectivity index (χ4n) is 4.43. The van der Waals surface area contributed by atoms with Gasteiger partial charge in [-0.1, -0.05) is 12.2 Å². The van der Waals surface area contributed by atoms with E-state index in [0.717, 1.165) is 32.0 Å². The monoisotopic (exact) mass is 274 g/mol. The third-order valence-electron chi connectivity index (χ3n) is 5.78. The molecule has 0 aromatic heterocycles. The van der Waals surface area contributed by atoms with Crippen LogP contribution in [0.3, 0.4) is 0 Å². The summed E-state index contributed by atoms with van der Waals surface area (Å²) in [5, 5.41) is 3.43. The van der Waals surface area contributed by atoms with Crippen molar-refractivity contribution in [2.75, 3.05) is 19.6 Å². The summed E-state index contributed by atoms with van der Waals surface area (Å²) < 4.78 is 0. The summed E-state index contributed by atoms with van der Waals surface area (Å²) in [7, 11) is 0. The summed E-state index contributed by atoms with van der Waals surface area (Å²) in [6, 6.07) is 0.584. The zero-order valence-electron chi connectivity index (χ0n) is 12.3. The van der Waals surface area contributed by atoms with Crippen LogP contribution in [0.4, 0.5) is 0 Å². The first-order valence-corrected chi connectivity index (χ1v) is 8.51. The Kier molecular flexibility index (Phi) is 3.33. The molecule has 4 rings (SSSR count). The van der Waals surface area contributed by atoms with Gasteiger partial charge in [0.15, 0.2) is 0 Å². The number of fused-ring (bicyclic) bond motifs is 2. The lowest BCUT2D eigenvalue weighted by Gasteiger charge is -2.33. The Morgan fingerprint density at radius 1 is 1.10 bits per heavy atom. The van der Waals surface area contributed by atoms with Crippen LogP contribution in [-0.2, 0) is 4.79 Å². The number of nitrogens with one attached hydrogen (secondary N) is 1. The summed E-state index contributed by atoms with van der Waals surface area (Å²) in [6.07, 6.45) is 12.0. The minimum Gasteiger partial charge on any atom is -0.339 e. The second kappa shape index (κ2) is 5.18. The van der Waals surface area contributed by atoms with E-state index in [1.54, 1.807) is 0 Å². The molecule has 3 heteroatoms. The molecular formula is C17H26N2O. The van der Waals surface area contributed by atoms with Crippen LogP contribution in [0.15, 0.2) is 12.2 Å². The van der Waals surface area contributed by atoms with Crippen LogP contribution in [0.1, 0.15) is 38.5 Å². The second-order valence-corrected chi connectivity index (χ2v) is 7.30. The Hall–Kier alpha value is -0.830. The van der Waals surface area contributed by atoms with Gasteiger partial charge < -0.3 is 10.2 Å². The highest BCUT2D eigenvalue weighted by molar-refractivity contribution is 5.80. The van der Waals surface area contributed by atoms with Gasteiger partial charge in [0.1, 0.15) is 0 Å². The van der Waals surface area contributed by atoms with Crippen LogP contribution in [0, 0.1) is 23.7 Å². The number of piperidine rings is 1. The quantitative estimate of drug-likeness (QED) is 0.797. The molecule has 3 nitrogen and oxygen atoms in total. The van der Waals surface area contributed by atoms with Gasteiger partial charge in [0, 0.05) is 18.5 Å². The van der Waals surface area contributed by atoms with Gasteiger partial charge in [0.25, 0.3) is 0 Å². The van der Waals surface area contributed by atoms with Gasteiger partial charge in [-0.2, -0.15) is 0 Å². The molecule has 0 spiro atoms. The Balaban J connectivity index is 1.42. The fourth-order valence-corrected chi connectivity index (χ4v) is 4.43. The number of carbonyl (C=O) groups is 1. The summed E-state index contributed by atoms with van der Waals surface area (Å²) in [5.74, 6) is 2.79. The first-order chi connectivity index (χ1) is 9.81. The maximum absolute atomic E-state index is 13.0. The van der Waals surface area contributed by atoms with Crippen LogP contribution in [0.5, 0.6) is 0 Å². The highest BCUT2D eigenvalue weighted by Gasteiger charge is 2.44. The standard InChI is InChI=1S/C17H26N2O/c20-17(16-10-13-1-2-14(16)9-13)19(15-3-4-15)11-12-5-7-18-8-6-12/h1-2,12-16,18H,3-11H2. The lowest BCUT2D eigenvalue weighted by molar-refractivity contribution is -0.137. The zero-order chi connectivity index (χ0) is 13.5. The van der Waals surface area contributed by atoms with E-state index in [2.05, 4.69) is 22.4 Å². The number of allylic oxidation sites excluding steroid dienone is 2. The van der Waals surface area contributed by atoms with Gasteiger partial charge in [-0.15, -0.1) is 0 Å². The molecule has 4 aliphatic rings. The van der Waals surface area contributed by atoms with Crippen LogP contribution >= 0.6 is 0 Å². The number of rotatable bonds is 4. The third-order valence-corrected chi connectivity index (χ3v) is 5.78. The van der Waals surface area contributed by atoms with Gasteiger partial charge in [-0.25, -0.2) is 0 Å². The largest absolute Gasteiger partial charge is 0.339 e. The topological polar surface area (TPSA) is 32.3 Å². The lowest BCUT2D eigenvalue weighted by Crippen LogP contribution is -2.44. The normalized spacial score (nSPS) is 36.5. The summed E-state index contributed by atoms with van der Waals surface area (Å²) in [4.78, 5) is 15.3. The molecule has 2 saturated carbocycles. The number of hydrogen-bond donors (Lipinski definition) is 1. The Labute approximate surface area is 121 Å². The maximum Gasteiger partial charge on any atom is 0.226 e. The van der Waals surface area contributed by atoms with Crippen LogP contribution in [0.25, 0.3) is 0 Å². The van der Waals surface area contributed by atoms with E-state index >= 15 is 0 Å². The number of hydrogen-bond acceptors (Lipinski definition) is 2. The van der Waals surface area contributed by atoms with Crippen molar-refractivity contribution < 1.29 is 4.79 Å². The molecule has 3 atom stereocenters. The first-order valence-electron chi connectivity index (χ1n) is 8.51. The molecule has 1 saturated heterocycles. The van der Waals surface area contributed by atoms with Gasteiger partial charge in [0.05, 0.1) is 0 Å². The molecule has 1 aliphatic heterocycles. The first kappa shape index (κ1) is 12.9. The van der Waals surface area contributed by atoms with Crippen molar-refractivity contribution in [1.29, 1.82) is 0 Å². The molecule has 3 aliphatic carbocycles. The molecule has 1 amide bonds. The molecule has 2 bridgehead atoms. The molecule has 110 valence electrons. The Morgan fingerprint density at radius 3 is 2.50 bits per heavy atom. The van der Waals surface area contributed by atoms with Crippen molar-refractivity contribution >= 4 is 5.91 Å². The molecule has 0 radical (unpaired) electrons. The predicted molar refractivity (Wildman–Crippen MR) is 79.2 cm³/mol. The van der Waals surface area contributed by atoms with E-state index in [1.165, 1.54) is 32.1 Å². The molecule has 1 N–H and O–H groups in total. The highest BCUT2D eigenvalue weighted by atomic mass is 16.2. The van der Waals surface area contributed by atoms with Crippen molar-refractivity contribution in [3.63, 3.8) is 0 Å². The van der Waals surface area contributed by atoms with E-state index in [1.807, 2.05) is 0 Å². The molecule has 20 heavy (non-hydrogen) atoms. The number of nitrogens with zero attached hydrogens (tertiary/aromatic N) is 1. The molecule has 1 heterocycles. The maximum atomic E-state index is 13.0. The van der Waals surface area contributed by atoms with E-state index < -0.39 is 0 Å². The van der Waals surface area contributed by atoms with Crippen molar-refractivity contribution in [1.82, 2.24) is 10.2 Å². The average Bonchev–Trinajstić information content (AvgIpc) is 3.11. The van der Waals surface area contributed by atoms with Gasteiger partial charge in [-0.05, 0) is 69.4 Å². The minimum atomic E-state index is 0.312. The zero-order valence-corrected chi connectivity index (χ0v) is 12.3. The van der Waals surface area contributed by atoms with E-state index in [-0.39, 0.29) is 0 Å². The molecular weight excluding hydrogens is 248 g/mol. The van der Waals surface area contributed by atoms with Gasteiger partial charge in [-0.3, -0.25) is 4.79 Å². The van der Waals surface area contributed by atoms with Crippen molar-refractivity contribution in [2.24, 2.45) is 23.7 Å². The summed E-state index contributed by atoms with van der Waals surface area (Å²) in [6.45, 7) is 3.30. The molecule has 0 aromatic rings. The molecule has 3 fully saturated rings. The molecule has 0 aromatic carbocycles.